The zero-order chi connectivity index (χ0) is 9.14. The van der Waals surface area contributed by atoms with Crippen LogP contribution in [0.1, 0.15) is 22.3 Å². The van der Waals surface area contributed by atoms with Crippen molar-refractivity contribution >= 4 is 0 Å². The molecule has 1 aromatic rings. The van der Waals surface area contributed by atoms with Crippen LogP contribution in [-0.2, 0) is 6.54 Å². The van der Waals surface area contributed by atoms with Gasteiger partial charge in [-0.3, -0.25) is 0 Å². The smallest absolute Gasteiger partial charge is 0.0460 e. The molecule has 0 atom stereocenters. The van der Waals surface area contributed by atoms with E-state index < -0.39 is 0 Å². The van der Waals surface area contributed by atoms with Gasteiger partial charge in [0.2, 0.25) is 0 Å². The van der Waals surface area contributed by atoms with Crippen LogP contribution in [0.2, 0.25) is 0 Å². The fraction of sp³-hybridized carbons (Fsp3) is 0.400. The molecular formula is C10H15NO. The summed E-state index contributed by atoms with van der Waals surface area (Å²) in [5.41, 5.74) is 7.11. The van der Waals surface area contributed by atoms with Crippen LogP contribution in [-0.4, -0.2) is 5.21 Å². The second-order valence-corrected chi connectivity index (χ2v) is 3.20. The first-order chi connectivity index (χ1) is 5.65. The lowest BCUT2D eigenvalue weighted by Gasteiger charge is -2.08. The number of rotatable bonds is 2. The van der Waals surface area contributed by atoms with Crippen LogP contribution in [0.15, 0.2) is 12.1 Å². The van der Waals surface area contributed by atoms with Crippen LogP contribution in [0, 0.1) is 20.8 Å². The summed E-state index contributed by atoms with van der Waals surface area (Å²) in [7, 11) is 0. The van der Waals surface area contributed by atoms with Gasteiger partial charge in [-0.1, -0.05) is 17.7 Å². The fourth-order valence-corrected chi connectivity index (χ4v) is 1.40. The molecule has 0 heterocycles. The highest BCUT2D eigenvalue weighted by molar-refractivity contribution is 5.36. The van der Waals surface area contributed by atoms with E-state index in [1.807, 2.05) is 0 Å². The Bertz CT molecular complexity index is 281. The summed E-state index contributed by atoms with van der Waals surface area (Å²) >= 11 is 0. The minimum atomic E-state index is 0.522. The molecule has 2 nitrogen and oxygen atoms in total. The van der Waals surface area contributed by atoms with E-state index in [-0.39, 0.29) is 0 Å². The first-order valence-electron chi connectivity index (χ1n) is 4.09. The number of aryl methyl sites for hydroxylation is 2. The molecule has 0 unspecified atom stereocenters. The minimum Gasteiger partial charge on any atom is -0.316 e. The lowest BCUT2D eigenvalue weighted by molar-refractivity contribution is 0.161. The fourth-order valence-electron chi connectivity index (χ4n) is 1.40. The number of benzene rings is 1. The summed E-state index contributed by atoms with van der Waals surface area (Å²) in [6.45, 7) is 6.74. The molecule has 0 saturated heterocycles. The molecule has 0 aliphatic carbocycles. The van der Waals surface area contributed by atoms with Crippen molar-refractivity contribution in [2.24, 2.45) is 0 Å². The Labute approximate surface area is 73.2 Å². The Hall–Kier alpha value is -0.860. The van der Waals surface area contributed by atoms with Crippen molar-refractivity contribution in [2.75, 3.05) is 0 Å². The maximum atomic E-state index is 8.58. The Morgan fingerprint density at radius 2 is 1.92 bits per heavy atom. The summed E-state index contributed by atoms with van der Waals surface area (Å²) in [4.78, 5) is 0. The number of hydroxylamine groups is 1. The van der Waals surface area contributed by atoms with E-state index in [0.717, 1.165) is 5.56 Å². The first-order valence-corrected chi connectivity index (χ1v) is 4.09. The second kappa shape index (κ2) is 3.70. The monoisotopic (exact) mass is 165 g/mol. The van der Waals surface area contributed by atoms with Gasteiger partial charge in [-0.2, -0.15) is 0 Å². The normalized spacial score (nSPS) is 10.3. The van der Waals surface area contributed by atoms with E-state index in [2.05, 4.69) is 38.4 Å². The summed E-state index contributed by atoms with van der Waals surface area (Å²) in [5, 5.41) is 8.58. The van der Waals surface area contributed by atoms with Crippen molar-refractivity contribution in [1.29, 1.82) is 0 Å². The van der Waals surface area contributed by atoms with Gasteiger partial charge in [-0.15, -0.1) is 0 Å². The largest absolute Gasteiger partial charge is 0.316 e. The minimum absolute atomic E-state index is 0.522. The van der Waals surface area contributed by atoms with Gasteiger partial charge < -0.3 is 5.21 Å². The van der Waals surface area contributed by atoms with Gasteiger partial charge in [0, 0.05) is 6.54 Å². The highest BCUT2D eigenvalue weighted by atomic mass is 16.5. The van der Waals surface area contributed by atoms with Crippen molar-refractivity contribution in [1.82, 2.24) is 5.48 Å². The van der Waals surface area contributed by atoms with Crippen LogP contribution in [0.25, 0.3) is 0 Å². The molecule has 0 aliphatic heterocycles. The predicted octanol–water partition coefficient (Wildman–Crippen LogP) is 2.09. The molecule has 0 fully saturated rings. The van der Waals surface area contributed by atoms with E-state index in [1.54, 1.807) is 0 Å². The predicted molar refractivity (Wildman–Crippen MR) is 49.3 cm³/mol. The van der Waals surface area contributed by atoms with E-state index in [0.29, 0.717) is 6.54 Å². The van der Waals surface area contributed by atoms with Crippen LogP contribution in [0.4, 0.5) is 0 Å². The highest BCUT2D eigenvalue weighted by Gasteiger charge is 2.01. The van der Waals surface area contributed by atoms with Gasteiger partial charge in [-0.05, 0) is 37.5 Å². The lowest BCUT2D eigenvalue weighted by atomic mass is 10.0. The molecule has 12 heavy (non-hydrogen) atoms. The molecule has 1 aromatic carbocycles. The van der Waals surface area contributed by atoms with Crippen molar-refractivity contribution in [3.05, 3.63) is 34.4 Å². The third-order valence-corrected chi connectivity index (χ3v) is 2.19. The molecule has 0 spiro atoms. The van der Waals surface area contributed by atoms with E-state index in [4.69, 9.17) is 5.21 Å². The van der Waals surface area contributed by atoms with Crippen LogP contribution < -0.4 is 5.48 Å². The van der Waals surface area contributed by atoms with E-state index in [1.165, 1.54) is 16.7 Å². The molecule has 0 aliphatic rings. The zero-order valence-corrected chi connectivity index (χ0v) is 7.81. The summed E-state index contributed by atoms with van der Waals surface area (Å²) in [6, 6.07) is 4.24. The van der Waals surface area contributed by atoms with Crippen molar-refractivity contribution in [3.63, 3.8) is 0 Å². The molecule has 0 aromatic heterocycles. The average Bonchev–Trinajstić information content (AvgIpc) is 2.00. The van der Waals surface area contributed by atoms with Gasteiger partial charge in [0.25, 0.3) is 0 Å². The maximum absolute atomic E-state index is 8.58. The van der Waals surface area contributed by atoms with Crippen molar-refractivity contribution in [3.8, 4) is 0 Å². The van der Waals surface area contributed by atoms with Gasteiger partial charge in [0.15, 0.2) is 0 Å². The molecule has 1 rings (SSSR count). The molecule has 0 radical (unpaired) electrons. The molecule has 2 N–H and O–H groups in total. The SMILES string of the molecule is Cc1cc(C)c(C)c(CNO)c1. The van der Waals surface area contributed by atoms with E-state index >= 15 is 0 Å². The number of hydrogen-bond donors (Lipinski definition) is 2. The average molecular weight is 165 g/mol. The van der Waals surface area contributed by atoms with Crippen molar-refractivity contribution in [2.45, 2.75) is 27.3 Å². The number of hydrogen-bond acceptors (Lipinski definition) is 2. The zero-order valence-electron chi connectivity index (χ0n) is 7.81. The maximum Gasteiger partial charge on any atom is 0.0460 e. The van der Waals surface area contributed by atoms with Crippen LogP contribution in [0.5, 0.6) is 0 Å². The molecule has 66 valence electrons. The Balaban J connectivity index is 3.09. The van der Waals surface area contributed by atoms with Gasteiger partial charge >= 0.3 is 0 Å². The third kappa shape index (κ3) is 1.84. The summed E-state index contributed by atoms with van der Waals surface area (Å²) in [6.07, 6.45) is 0. The topological polar surface area (TPSA) is 32.3 Å². The van der Waals surface area contributed by atoms with Crippen LogP contribution in [0.3, 0.4) is 0 Å². The molecule has 0 amide bonds. The standard InChI is InChI=1S/C10H15NO/c1-7-4-8(2)9(3)10(5-7)6-11-12/h4-5,11-12H,6H2,1-3H3. The molecule has 0 bridgehead atoms. The molecule has 0 saturated carbocycles. The summed E-state index contributed by atoms with van der Waals surface area (Å²) in [5.74, 6) is 0. The molecule has 2 heteroatoms. The molecular weight excluding hydrogens is 150 g/mol. The van der Waals surface area contributed by atoms with Crippen LogP contribution >= 0.6 is 0 Å². The lowest BCUT2D eigenvalue weighted by Crippen LogP contribution is -2.08. The van der Waals surface area contributed by atoms with Crippen molar-refractivity contribution < 1.29 is 5.21 Å². The van der Waals surface area contributed by atoms with Gasteiger partial charge in [-0.25, -0.2) is 5.48 Å². The van der Waals surface area contributed by atoms with Gasteiger partial charge in [0.1, 0.15) is 0 Å². The summed E-state index contributed by atoms with van der Waals surface area (Å²) < 4.78 is 0. The first kappa shape index (κ1) is 9.23. The quantitative estimate of drug-likeness (QED) is 0.658. The van der Waals surface area contributed by atoms with E-state index in [9.17, 15) is 0 Å². The number of nitrogens with one attached hydrogen (secondary N) is 1. The Morgan fingerprint density at radius 1 is 1.25 bits per heavy atom. The highest BCUT2D eigenvalue weighted by Crippen LogP contribution is 2.15. The van der Waals surface area contributed by atoms with Gasteiger partial charge in [0.05, 0.1) is 0 Å². The third-order valence-electron chi connectivity index (χ3n) is 2.19. The Morgan fingerprint density at radius 3 is 2.50 bits per heavy atom. The second-order valence-electron chi connectivity index (χ2n) is 3.20. The Kier molecular flexibility index (Phi) is 2.84.